The second-order valence-corrected chi connectivity index (χ2v) is 7.11. The first kappa shape index (κ1) is 18.6. The van der Waals surface area contributed by atoms with E-state index in [2.05, 4.69) is 21.2 Å². The number of benzene rings is 2. The summed E-state index contributed by atoms with van der Waals surface area (Å²) >= 11 is 3.45. The zero-order valence-electron chi connectivity index (χ0n) is 14.6. The molecule has 0 spiro atoms. The average Bonchev–Trinajstić information content (AvgIpc) is 2.91. The van der Waals surface area contributed by atoms with Gasteiger partial charge in [0.2, 0.25) is 5.91 Å². The fourth-order valence-corrected chi connectivity index (χ4v) is 3.62. The molecule has 0 fully saturated rings. The molecule has 6 heteroatoms. The van der Waals surface area contributed by atoms with E-state index in [-0.39, 0.29) is 11.8 Å². The topological polar surface area (TPSA) is 58.6 Å². The van der Waals surface area contributed by atoms with Crippen molar-refractivity contribution < 1.29 is 14.3 Å². The van der Waals surface area contributed by atoms with E-state index in [4.69, 9.17) is 4.74 Å². The second-order valence-electron chi connectivity index (χ2n) is 6.19. The van der Waals surface area contributed by atoms with Crippen molar-refractivity contribution in [1.29, 1.82) is 0 Å². The minimum Gasteiger partial charge on any atom is -0.385 e. The Bertz CT molecular complexity index is 809. The van der Waals surface area contributed by atoms with Crippen LogP contribution in [0.2, 0.25) is 0 Å². The van der Waals surface area contributed by atoms with Gasteiger partial charge in [-0.1, -0.05) is 46.3 Å². The van der Waals surface area contributed by atoms with Crippen LogP contribution in [0.25, 0.3) is 0 Å². The van der Waals surface area contributed by atoms with E-state index < -0.39 is 6.04 Å². The van der Waals surface area contributed by atoms with Crippen LogP contribution in [0.4, 0.5) is 0 Å². The maximum absolute atomic E-state index is 12.9. The smallest absolute Gasteiger partial charge is 0.255 e. The third-order valence-corrected chi connectivity index (χ3v) is 4.87. The Hall–Kier alpha value is -2.18. The average molecular weight is 417 g/mol. The lowest BCUT2D eigenvalue weighted by atomic mass is 10.0. The fraction of sp³-hybridized carbons (Fsp3) is 0.300. The van der Waals surface area contributed by atoms with Gasteiger partial charge in [-0.15, -0.1) is 0 Å². The number of methoxy groups -OCH3 is 1. The molecule has 0 radical (unpaired) electrons. The van der Waals surface area contributed by atoms with Gasteiger partial charge in [-0.25, -0.2) is 0 Å². The van der Waals surface area contributed by atoms with Gasteiger partial charge >= 0.3 is 0 Å². The van der Waals surface area contributed by atoms with E-state index >= 15 is 0 Å². The zero-order chi connectivity index (χ0) is 18.5. The Labute approximate surface area is 161 Å². The Kier molecular flexibility index (Phi) is 6.06. The first-order chi connectivity index (χ1) is 12.6. The van der Waals surface area contributed by atoms with E-state index in [9.17, 15) is 9.59 Å². The molecule has 2 aromatic carbocycles. The van der Waals surface area contributed by atoms with Crippen molar-refractivity contribution >= 4 is 27.7 Å². The van der Waals surface area contributed by atoms with Crippen LogP contribution < -0.4 is 5.32 Å². The highest BCUT2D eigenvalue weighted by Crippen LogP contribution is 2.35. The molecule has 1 heterocycles. The summed E-state index contributed by atoms with van der Waals surface area (Å²) in [6.07, 6.45) is 0.732. The molecule has 0 saturated heterocycles. The molecule has 26 heavy (non-hydrogen) atoms. The summed E-state index contributed by atoms with van der Waals surface area (Å²) in [6, 6.07) is 14.5. The third kappa shape index (κ3) is 3.97. The van der Waals surface area contributed by atoms with Gasteiger partial charge in [0.05, 0.1) is 0 Å². The van der Waals surface area contributed by atoms with Crippen LogP contribution in [0.15, 0.2) is 53.0 Å². The van der Waals surface area contributed by atoms with Crippen molar-refractivity contribution in [3.63, 3.8) is 0 Å². The highest BCUT2D eigenvalue weighted by molar-refractivity contribution is 9.10. The Morgan fingerprint density at radius 1 is 1.23 bits per heavy atom. The molecule has 0 bridgehead atoms. The van der Waals surface area contributed by atoms with Crippen LogP contribution in [0.1, 0.15) is 33.9 Å². The number of hydrogen-bond acceptors (Lipinski definition) is 3. The van der Waals surface area contributed by atoms with Gasteiger partial charge in [-0.05, 0) is 35.7 Å². The van der Waals surface area contributed by atoms with Crippen LogP contribution in [0.5, 0.6) is 0 Å². The molecule has 2 aromatic rings. The number of hydrogen-bond donors (Lipinski definition) is 1. The van der Waals surface area contributed by atoms with Crippen LogP contribution in [-0.4, -0.2) is 37.0 Å². The number of halogens is 1. The predicted octanol–water partition coefficient (Wildman–Crippen LogP) is 3.30. The first-order valence-corrected chi connectivity index (χ1v) is 9.32. The number of rotatable bonds is 7. The molecular formula is C20H21BrN2O3. The molecule has 5 nitrogen and oxygen atoms in total. The van der Waals surface area contributed by atoms with Gasteiger partial charge in [0.1, 0.15) is 6.04 Å². The molecule has 0 aromatic heterocycles. The predicted molar refractivity (Wildman–Crippen MR) is 103 cm³/mol. The van der Waals surface area contributed by atoms with Crippen molar-refractivity contribution in [3.8, 4) is 0 Å². The molecule has 0 unspecified atom stereocenters. The molecular weight excluding hydrogens is 396 g/mol. The van der Waals surface area contributed by atoms with Crippen molar-refractivity contribution in [2.24, 2.45) is 0 Å². The summed E-state index contributed by atoms with van der Waals surface area (Å²) in [5.41, 5.74) is 2.33. The number of carbonyl (C=O) groups is 2. The highest BCUT2D eigenvalue weighted by Gasteiger charge is 2.40. The number of ether oxygens (including phenoxy) is 1. The Morgan fingerprint density at radius 2 is 2.04 bits per heavy atom. The maximum Gasteiger partial charge on any atom is 0.255 e. The standard InChI is InChI=1S/C20H21BrN2O3/c1-26-11-5-10-22-19(24)18-16-8-2-3-9-17(16)20(25)23(18)13-14-6-4-7-15(21)12-14/h2-4,6-9,12,18H,5,10-11,13H2,1H3,(H,22,24)/t18-/m1/s1. The number of fused-ring (bicyclic) bond motifs is 1. The summed E-state index contributed by atoms with van der Waals surface area (Å²) in [6.45, 7) is 1.48. The van der Waals surface area contributed by atoms with Crippen LogP contribution >= 0.6 is 15.9 Å². The van der Waals surface area contributed by atoms with Crippen LogP contribution in [0, 0.1) is 0 Å². The normalized spacial score (nSPS) is 15.8. The molecule has 0 aliphatic carbocycles. The van der Waals surface area contributed by atoms with E-state index in [1.54, 1.807) is 18.1 Å². The quantitative estimate of drug-likeness (QED) is 0.704. The van der Waals surface area contributed by atoms with E-state index in [0.29, 0.717) is 25.3 Å². The van der Waals surface area contributed by atoms with Crippen LogP contribution in [0.3, 0.4) is 0 Å². The first-order valence-electron chi connectivity index (χ1n) is 8.53. The minimum atomic E-state index is -0.611. The van der Waals surface area contributed by atoms with Gasteiger partial charge in [0.25, 0.3) is 5.91 Å². The SMILES string of the molecule is COCCCNC(=O)[C@H]1c2ccccc2C(=O)N1Cc1cccc(Br)c1. The van der Waals surface area contributed by atoms with Gasteiger partial charge in [-0.3, -0.25) is 9.59 Å². The Morgan fingerprint density at radius 3 is 2.81 bits per heavy atom. The summed E-state index contributed by atoms with van der Waals surface area (Å²) in [7, 11) is 1.63. The number of carbonyl (C=O) groups excluding carboxylic acids is 2. The molecule has 3 rings (SSSR count). The summed E-state index contributed by atoms with van der Waals surface area (Å²) in [4.78, 5) is 27.4. The zero-order valence-corrected chi connectivity index (χ0v) is 16.2. The van der Waals surface area contributed by atoms with Gasteiger partial charge in [-0.2, -0.15) is 0 Å². The molecule has 1 N–H and O–H groups in total. The van der Waals surface area contributed by atoms with Gasteiger partial charge in [0.15, 0.2) is 0 Å². The van der Waals surface area contributed by atoms with E-state index in [0.717, 1.165) is 22.0 Å². The lowest BCUT2D eigenvalue weighted by Crippen LogP contribution is -2.39. The molecule has 1 aliphatic heterocycles. The highest BCUT2D eigenvalue weighted by atomic mass is 79.9. The third-order valence-electron chi connectivity index (χ3n) is 4.37. The summed E-state index contributed by atoms with van der Waals surface area (Å²) in [5, 5.41) is 2.93. The van der Waals surface area contributed by atoms with Gasteiger partial charge in [0, 0.05) is 36.8 Å². The minimum absolute atomic E-state index is 0.113. The monoisotopic (exact) mass is 416 g/mol. The van der Waals surface area contributed by atoms with E-state index in [1.807, 2.05) is 42.5 Å². The lowest BCUT2D eigenvalue weighted by molar-refractivity contribution is -0.125. The summed E-state index contributed by atoms with van der Waals surface area (Å²) < 4.78 is 5.96. The van der Waals surface area contributed by atoms with Crippen molar-refractivity contribution in [2.75, 3.05) is 20.3 Å². The molecule has 1 atom stereocenters. The molecule has 136 valence electrons. The maximum atomic E-state index is 12.9. The Balaban J connectivity index is 1.84. The second kappa shape index (κ2) is 8.47. The molecule has 1 aliphatic rings. The van der Waals surface area contributed by atoms with Crippen molar-refractivity contribution in [3.05, 3.63) is 69.7 Å². The van der Waals surface area contributed by atoms with E-state index in [1.165, 1.54) is 0 Å². The number of amides is 2. The molecule has 2 amide bonds. The van der Waals surface area contributed by atoms with Crippen LogP contribution in [-0.2, 0) is 16.1 Å². The number of nitrogens with one attached hydrogen (secondary N) is 1. The van der Waals surface area contributed by atoms with Gasteiger partial charge < -0.3 is 15.0 Å². The fourth-order valence-electron chi connectivity index (χ4n) is 3.17. The van der Waals surface area contributed by atoms with Crippen molar-refractivity contribution in [1.82, 2.24) is 10.2 Å². The largest absolute Gasteiger partial charge is 0.385 e. The lowest BCUT2D eigenvalue weighted by Gasteiger charge is -2.25. The number of nitrogens with zero attached hydrogens (tertiary/aromatic N) is 1. The van der Waals surface area contributed by atoms with Crippen molar-refractivity contribution in [2.45, 2.75) is 19.0 Å². The molecule has 0 saturated carbocycles. The summed E-state index contributed by atoms with van der Waals surface area (Å²) in [5.74, 6) is -0.271.